The minimum atomic E-state index is -0.955. The summed E-state index contributed by atoms with van der Waals surface area (Å²) in [6, 6.07) is 3.28. The summed E-state index contributed by atoms with van der Waals surface area (Å²) in [6.45, 7) is 2.90. The van der Waals surface area contributed by atoms with Gasteiger partial charge in [0.15, 0.2) is 0 Å². The minimum Gasteiger partial charge on any atom is -0.478 e. The monoisotopic (exact) mass is 263 g/mol. The SMILES string of the molecule is CCn1cc(CSc2ccc(C(=O)O)cn2)cn1. The molecule has 0 bridgehead atoms. The fourth-order valence-electron chi connectivity index (χ4n) is 1.40. The predicted octanol–water partition coefficient (Wildman–Crippen LogP) is 2.29. The first-order chi connectivity index (χ1) is 8.69. The van der Waals surface area contributed by atoms with Crippen LogP contribution in [0, 0.1) is 0 Å². The Bertz CT molecular complexity index is 537. The highest BCUT2D eigenvalue weighted by Crippen LogP contribution is 2.20. The molecule has 0 saturated heterocycles. The first kappa shape index (κ1) is 12.6. The van der Waals surface area contributed by atoms with E-state index in [9.17, 15) is 4.79 Å². The zero-order chi connectivity index (χ0) is 13.0. The van der Waals surface area contributed by atoms with E-state index in [4.69, 9.17) is 5.11 Å². The molecule has 0 spiro atoms. The fourth-order valence-corrected chi connectivity index (χ4v) is 2.16. The number of thioether (sulfide) groups is 1. The molecular weight excluding hydrogens is 250 g/mol. The second-order valence-corrected chi connectivity index (χ2v) is 4.68. The summed E-state index contributed by atoms with van der Waals surface area (Å²) in [5, 5.41) is 13.8. The lowest BCUT2D eigenvalue weighted by atomic mass is 10.3. The van der Waals surface area contributed by atoms with Gasteiger partial charge in [0.2, 0.25) is 0 Å². The molecule has 0 fully saturated rings. The number of aryl methyl sites for hydroxylation is 1. The van der Waals surface area contributed by atoms with Crippen LogP contribution in [0.5, 0.6) is 0 Å². The fraction of sp³-hybridized carbons (Fsp3) is 0.250. The predicted molar refractivity (Wildman–Crippen MR) is 68.7 cm³/mol. The van der Waals surface area contributed by atoms with Crippen molar-refractivity contribution in [2.45, 2.75) is 24.2 Å². The van der Waals surface area contributed by atoms with Gasteiger partial charge in [0.1, 0.15) is 0 Å². The molecular formula is C12H13N3O2S. The van der Waals surface area contributed by atoms with E-state index < -0.39 is 5.97 Å². The van der Waals surface area contributed by atoms with E-state index >= 15 is 0 Å². The number of rotatable bonds is 5. The van der Waals surface area contributed by atoms with Crippen molar-refractivity contribution in [3.8, 4) is 0 Å². The standard InChI is InChI=1S/C12H13N3O2S/c1-2-15-7-9(5-14-15)8-18-11-4-3-10(6-13-11)12(16)17/h3-7H,2,8H2,1H3,(H,16,17). The van der Waals surface area contributed by atoms with Gasteiger partial charge in [-0.05, 0) is 19.1 Å². The number of hydrogen-bond donors (Lipinski definition) is 1. The van der Waals surface area contributed by atoms with Crippen molar-refractivity contribution in [2.75, 3.05) is 0 Å². The number of nitrogens with zero attached hydrogens (tertiary/aromatic N) is 3. The molecule has 5 nitrogen and oxygen atoms in total. The van der Waals surface area contributed by atoms with E-state index in [1.54, 1.807) is 23.9 Å². The summed E-state index contributed by atoms with van der Waals surface area (Å²) < 4.78 is 1.87. The molecule has 0 amide bonds. The highest BCUT2D eigenvalue weighted by atomic mass is 32.2. The maximum atomic E-state index is 10.7. The lowest BCUT2D eigenvalue weighted by Crippen LogP contribution is -1.96. The van der Waals surface area contributed by atoms with E-state index in [2.05, 4.69) is 10.1 Å². The third-order valence-electron chi connectivity index (χ3n) is 2.38. The van der Waals surface area contributed by atoms with Crippen molar-refractivity contribution in [3.05, 3.63) is 41.9 Å². The molecule has 0 aliphatic rings. The van der Waals surface area contributed by atoms with Crippen LogP contribution in [-0.4, -0.2) is 25.8 Å². The van der Waals surface area contributed by atoms with Gasteiger partial charge in [-0.2, -0.15) is 5.10 Å². The maximum absolute atomic E-state index is 10.7. The van der Waals surface area contributed by atoms with Gasteiger partial charge in [0.05, 0.1) is 16.8 Å². The second kappa shape index (κ2) is 5.68. The normalized spacial score (nSPS) is 10.5. The number of carboxylic acid groups (broad SMARTS) is 1. The zero-order valence-corrected chi connectivity index (χ0v) is 10.7. The third kappa shape index (κ3) is 3.10. The van der Waals surface area contributed by atoms with Crippen LogP contribution in [0.3, 0.4) is 0 Å². The van der Waals surface area contributed by atoms with Crippen LogP contribution in [0.2, 0.25) is 0 Å². The quantitative estimate of drug-likeness (QED) is 0.838. The van der Waals surface area contributed by atoms with Gasteiger partial charge in [0, 0.05) is 30.3 Å². The molecule has 2 aromatic rings. The van der Waals surface area contributed by atoms with Gasteiger partial charge in [-0.1, -0.05) is 0 Å². The molecule has 0 aliphatic carbocycles. The van der Waals surface area contributed by atoms with Crippen LogP contribution in [0.25, 0.3) is 0 Å². The van der Waals surface area contributed by atoms with Gasteiger partial charge in [-0.3, -0.25) is 4.68 Å². The second-order valence-electron chi connectivity index (χ2n) is 3.68. The molecule has 2 heterocycles. The van der Waals surface area contributed by atoms with Gasteiger partial charge in [0.25, 0.3) is 0 Å². The van der Waals surface area contributed by atoms with Crippen LogP contribution in [0.4, 0.5) is 0 Å². The average Bonchev–Trinajstić information content (AvgIpc) is 2.85. The summed E-state index contributed by atoms with van der Waals surface area (Å²) in [4.78, 5) is 14.8. The van der Waals surface area contributed by atoms with Crippen LogP contribution in [0.1, 0.15) is 22.8 Å². The molecule has 1 N–H and O–H groups in total. The van der Waals surface area contributed by atoms with Crippen LogP contribution in [0.15, 0.2) is 35.7 Å². The molecule has 0 atom stereocenters. The number of aromatic nitrogens is 3. The van der Waals surface area contributed by atoms with Crippen LogP contribution >= 0.6 is 11.8 Å². The van der Waals surface area contributed by atoms with Crippen molar-refractivity contribution < 1.29 is 9.90 Å². The Hall–Kier alpha value is -1.82. The van der Waals surface area contributed by atoms with Crippen LogP contribution in [-0.2, 0) is 12.3 Å². The smallest absolute Gasteiger partial charge is 0.337 e. The zero-order valence-electron chi connectivity index (χ0n) is 9.91. The number of aromatic carboxylic acids is 1. The molecule has 2 aromatic heterocycles. The van der Waals surface area contributed by atoms with Crippen molar-refractivity contribution in [1.29, 1.82) is 0 Å². The first-order valence-electron chi connectivity index (χ1n) is 5.52. The molecule has 0 radical (unpaired) electrons. The summed E-state index contributed by atoms with van der Waals surface area (Å²) in [5.41, 5.74) is 1.34. The largest absolute Gasteiger partial charge is 0.478 e. The molecule has 0 aliphatic heterocycles. The topological polar surface area (TPSA) is 68.0 Å². The van der Waals surface area contributed by atoms with E-state index in [1.807, 2.05) is 24.0 Å². The van der Waals surface area contributed by atoms with Crippen molar-refractivity contribution >= 4 is 17.7 Å². The minimum absolute atomic E-state index is 0.207. The van der Waals surface area contributed by atoms with Crippen LogP contribution < -0.4 is 0 Å². The van der Waals surface area contributed by atoms with Crippen molar-refractivity contribution in [1.82, 2.24) is 14.8 Å². The molecule has 0 saturated carbocycles. The summed E-state index contributed by atoms with van der Waals surface area (Å²) >= 11 is 1.56. The van der Waals surface area contributed by atoms with Gasteiger partial charge in [-0.25, -0.2) is 9.78 Å². The Labute approximate surface area is 109 Å². The highest BCUT2D eigenvalue weighted by Gasteiger charge is 2.04. The lowest BCUT2D eigenvalue weighted by Gasteiger charge is -1.99. The molecule has 0 unspecified atom stereocenters. The molecule has 2 rings (SSSR count). The first-order valence-corrected chi connectivity index (χ1v) is 6.51. The Morgan fingerprint density at radius 2 is 2.28 bits per heavy atom. The van der Waals surface area contributed by atoms with Gasteiger partial charge < -0.3 is 5.11 Å². The van der Waals surface area contributed by atoms with Crippen molar-refractivity contribution in [3.63, 3.8) is 0 Å². The Morgan fingerprint density at radius 3 is 2.83 bits per heavy atom. The Balaban J connectivity index is 1.95. The summed E-state index contributed by atoms with van der Waals surface area (Å²) in [6.07, 6.45) is 5.21. The average molecular weight is 263 g/mol. The van der Waals surface area contributed by atoms with E-state index in [1.165, 1.54) is 6.20 Å². The number of carboxylic acids is 1. The molecule has 6 heteroatoms. The van der Waals surface area contributed by atoms with Gasteiger partial charge in [-0.15, -0.1) is 11.8 Å². The van der Waals surface area contributed by atoms with E-state index in [0.29, 0.717) is 0 Å². The number of hydrogen-bond acceptors (Lipinski definition) is 4. The number of pyridine rings is 1. The lowest BCUT2D eigenvalue weighted by molar-refractivity contribution is 0.0696. The van der Waals surface area contributed by atoms with E-state index in [-0.39, 0.29) is 5.56 Å². The molecule has 18 heavy (non-hydrogen) atoms. The Morgan fingerprint density at radius 1 is 1.44 bits per heavy atom. The molecule has 94 valence electrons. The molecule has 0 aromatic carbocycles. The summed E-state index contributed by atoms with van der Waals surface area (Å²) in [5.74, 6) is -0.178. The highest BCUT2D eigenvalue weighted by molar-refractivity contribution is 7.98. The maximum Gasteiger partial charge on any atom is 0.337 e. The van der Waals surface area contributed by atoms with E-state index in [0.717, 1.165) is 22.9 Å². The summed E-state index contributed by atoms with van der Waals surface area (Å²) in [7, 11) is 0. The third-order valence-corrected chi connectivity index (χ3v) is 3.40. The van der Waals surface area contributed by atoms with Crippen molar-refractivity contribution in [2.24, 2.45) is 0 Å². The number of carbonyl (C=O) groups is 1. The van der Waals surface area contributed by atoms with Gasteiger partial charge >= 0.3 is 5.97 Å². The Kier molecular flexibility index (Phi) is 3.99.